The van der Waals surface area contributed by atoms with Crippen LogP contribution in [0.25, 0.3) is 16.8 Å². The first-order valence-electron chi connectivity index (χ1n) is 7.40. The van der Waals surface area contributed by atoms with Gasteiger partial charge in [0.05, 0.1) is 29.7 Å². The van der Waals surface area contributed by atoms with Gasteiger partial charge >= 0.3 is 0 Å². The van der Waals surface area contributed by atoms with Crippen LogP contribution in [0.1, 0.15) is 11.8 Å². The number of nitrogens with one attached hydrogen (secondary N) is 1. The highest BCUT2D eigenvalue weighted by atomic mass is 32.2. The second kappa shape index (κ2) is 6.23. The number of aromatic nitrogens is 5. The van der Waals surface area contributed by atoms with Gasteiger partial charge in [0.15, 0.2) is 5.16 Å². The van der Waals surface area contributed by atoms with E-state index >= 15 is 0 Å². The molecule has 0 aliphatic carbocycles. The SMILES string of the molecule is CSc1nccc(-c2cnn3nc(C4CNCCO4)ccc23)n1. The van der Waals surface area contributed by atoms with Gasteiger partial charge in [0.25, 0.3) is 0 Å². The smallest absolute Gasteiger partial charge is 0.187 e. The number of fused-ring (bicyclic) bond motifs is 1. The molecule has 8 heteroatoms. The van der Waals surface area contributed by atoms with Crippen molar-refractivity contribution in [2.24, 2.45) is 0 Å². The monoisotopic (exact) mass is 328 g/mol. The molecule has 0 aromatic carbocycles. The average Bonchev–Trinajstić information content (AvgIpc) is 3.05. The van der Waals surface area contributed by atoms with Crippen molar-refractivity contribution in [3.63, 3.8) is 0 Å². The Balaban J connectivity index is 1.72. The molecule has 3 aromatic heterocycles. The van der Waals surface area contributed by atoms with Crippen molar-refractivity contribution in [2.45, 2.75) is 11.3 Å². The lowest BCUT2D eigenvalue weighted by Crippen LogP contribution is -2.34. The molecule has 0 bridgehead atoms. The summed E-state index contributed by atoms with van der Waals surface area (Å²) in [6.07, 6.45) is 5.49. The lowest BCUT2D eigenvalue weighted by molar-refractivity contribution is 0.0242. The molecule has 23 heavy (non-hydrogen) atoms. The number of hydrogen-bond donors (Lipinski definition) is 1. The topological polar surface area (TPSA) is 77.2 Å². The van der Waals surface area contributed by atoms with E-state index in [0.29, 0.717) is 6.61 Å². The van der Waals surface area contributed by atoms with Crippen LogP contribution in [0.2, 0.25) is 0 Å². The number of morpholine rings is 1. The first-order chi connectivity index (χ1) is 11.3. The van der Waals surface area contributed by atoms with Crippen molar-refractivity contribution in [1.82, 2.24) is 30.1 Å². The van der Waals surface area contributed by atoms with Gasteiger partial charge in [0.1, 0.15) is 6.10 Å². The van der Waals surface area contributed by atoms with Crippen LogP contribution in [0.4, 0.5) is 0 Å². The minimum atomic E-state index is -0.0251. The van der Waals surface area contributed by atoms with E-state index in [4.69, 9.17) is 4.74 Å². The van der Waals surface area contributed by atoms with Gasteiger partial charge in [-0.1, -0.05) is 11.8 Å². The van der Waals surface area contributed by atoms with Crippen molar-refractivity contribution in [2.75, 3.05) is 26.0 Å². The molecule has 0 saturated carbocycles. The van der Waals surface area contributed by atoms with E-state index in [2.05, 4.69) is 25.5 Å². The summed E-state index contributed by atoms with van der Waals surface area (Å²) in [5.41, 5.74) is 3.60. The molecule has 0 radical (unpaired) electrons. The molecule has 4 rings (SSSR count). The first kappa shape index (κ1) is 14.6. The molecular formula is C15H16N6OS. The molecule has 1 aliphatic rings. The molecule has 1 fully saturated rings. The molecule has 1 N–H and O–H groups in total. The van der Waals surface area contributed by atoms with Crippen molar-refractivity contribution < 1.29 is 4.74 Å². The summed E-state index contributed by atoms with van der Waals surface area (Å²) >= 11 is 1.52. The third-order valence-electron chi connectivity index (χ3n) is 3.76. The molecule has 1 atom stereocenters. The highest BCUT2D eigenvalue weighted by Gasteiger charge is 2.18. The summed E-state index contributed by atoms with van der Waals surface area (Å²) in [4.78, 5) is 8.74. The molecule has 4 heterocycles. The molecule has 3 aromatic rings. The van der Waals surface area contributed by atoms with Crippen LogP contribution in [0, 0.1) is 0 Å². The normalized spacial score (nSPS) is 18.4. The highest BCUT2D eigenvalue weighted by Crippen LogP contribution is 2.25. The second-order valence-corrected chi connectivity index (χ2v) is 5.96. The van der Waals surface area contributed by atoms with E-state index in [0.717, 1.165) is 40.7 Å². The summed E-state index contributed by atoms with van der Waals surface area (Å²) < 4.78 is 7.39. The Morgan fingerprint density at radius 2 is 2.30 bits per heavy atom. The zero-order valence-corrected chi connectivity index (χ0v) is 13.5. The third-order valence-corrected chi connectivity index (χ3v) is 4.32. The van der Waals surface area contributed by atoms with Gasteiger partial charge in [0, 0.05) is 24.8 Å². The largest absolute Gasteiger partial charge is 0.369 e. The molecule has 0 spiro atoms. The van der Waals surface area contributed by atoms with E-state index in [1.165, 1.54) is 11.8 Å². The minimum Gasteiger partial charge on any atom is -0.369 e. The maximum absolute atomic E-state index is 5.75. The fourth-order valence-electron chi connectivity index (χ4n) is 2.61. The van der Waals surface area contributed by atoms with E-state index in [9.17, 15) is 0 Å². The predicted molar refractivity (Wildman–Crippen MR) is 87.4 cm³/mol. The van der Waals surface area contributed by atoms with Crippen LogP contribution in [0.15, 0.2) is 35.7 Å². The standard InChI is InChI=1S/C15H16N6OS/c1-23-15-17-5-4-11(19-15)10-8-18-21-13(10)3-2-12(20-21)14-9-16-6-7-22-14/h2-5,8,14,16H,6-7,9H2,1H3. The van der Waals surface area contributed by atoms with Gasteiger partial charge in [0.2, 0.25) is 0 Å². The van der Waals surface area contributed by atoms with Gasteiger partial charge in [-0.05, 0) is 24.5 Å². The Kier molecular flexibility index (Phi) is 3.94. The van der Waals surface area contributed by atoms with Crippen LogP contribution >= 0.6 is 11.8 Å². The van der Waals surface area contributed by atoms with Crippen LogP contribution in [-0.4, -0.2) is 50.7 Å². The zero-order chi connectivity index (χ0) is 15.6. The summed E-state index contributed by atoms with van der Waals surface area (Å²) in [5.74, 6) is 0. The molecule has 1 aliphatic heterocycles. The molecule has 118 valence electrons. The predicted octanol–water partition coefficient (Wildman–Crippen LogP) is 1.57. The maximum atomic E-state index is 5.75. The van der Waals surface area contributed by atoms with Gasteiger partial charge in [-0.3, -0.25) is 0 Å². The third kappa shape index (κ3) is 2.80. The highest BCUT2D eigenvalue weighted by molar-refractivity contribution is 7.98. The lowest BCUT2D eigenvalue weighted by Gasteiger charge is -2.22. The number of hydrogen-bond acceptors (Lipinski definition) is 7. The zero-order valence-electron chi connectivity index (χ0n) is 12.6. The van der Waals surface area contributed by atoms with Crippen LogP contribution in [0.3, 0.4) is 0 Å². The Hall–Kier alpha value is -2.03. The number of ether oxygens (including phenoxy) is 1. The average molecular weight is 328 g/mol. The van der Waals surface area contributed by atoms with E-state index in [-0.39, 0.29) is 6.10 Å². The van der Waals surface area contributed by atoms with E-state index in [1.54, 1.807) is 17.0 Å². The Bertz CT molecular complexity index is 830. The van der Waals surface area contributed by atoms with Crippen LogP contribution in [-0.2, 0) is 4.74 Å². The number of nitrogens with zero attached hydrogens (tertiary/aromatic N) is 5. The van der Waals surface area contributed by atoms with Crippen LogP contribution in [0.5, 0.6) is 0 Å². The van der Waals surface area contributed by atoms with Gasteiger partial charge in [-0.25, -0.2) is 9.97 Å². The molecule has 1 unspecified atom stereocenters. The summed E-state index contributed by atoms with van der Waals surface area (Å²) in [6, 6.07) is 5.90. The minimum absolute atomic E-state index is 0.0251. The molecule has 1 saturated heterocycles. The fraction of sp³-hybridized carbons (Fsp3) is 0.333. The van der Waals surface area contributed by atoms with Crippen LogP contribution < -0.4 is 5.32 Å². The van der Waals surface area contributed by atoms with Gasteiger partial charge < -0.3 is 10.1 Å². The summed E-state index contributed by atoms with van der Waals surface area (Å²) in [5, 5.41) is 13.0. The molecular weight excluding hydrogens is 312 g/mol. The maximum Gasteiger partial charge on any atom is 0.187 e. The summed E-state index contributed by atoms with van der Waals surface area (Å²) in [7, 11) is 0. The first-order valence-corrected chi connectivity index (χ1v) is 8.62. The second-order valence-electron chi connectivity index (χ2n) is 5.18. The lowest BCUT2D eigenvalue weighted by atomic mass is 10.1. The quantitative estimate of drug-likeness (QED) is 0.577. The van der Waals surface area contributed by atoms with Crippen molar-refractivity contribution in [3.8, 4) is 11.3 Å². The number of rotatable bonds is 3. The van der Waals surface area contributed by atoms with Crippen molar-refractivity contribution >= 4 is 17.3 Å². The van der Waals surface area contributed by atoms with Gasteiger partial charge in [-0.2, -0.15) is 14.8 Å². The van der Waals surface area contributed by atoms with Crippen molar-refractivity contribution in [1.29, 1.82) is 0 Å². The number of thioether (sulfide) groups is 1. The van der Waals surface area contributed by atoms with Crippen molar-refractivity contribution in [3.05, 3.63) is 36.3 Å². The Labute approximate surface area is 137 Å². The summed E-state index contributed by atoms with van der Waals surface area (Å²) in [6.45, 7) is 2.36. The van der Waals surface area contributed by atoms with Gasteiger partial charge in [-0.15, -0.1) is 0 Å². The fourth-order valence-corrected chi connectivity index (χ4v) is 2.96. The molecule has 0 amide bonds. The van der Waals surface area contributed by atoms with E-state index < -0.39 is 0 Å². The molecule has 7 nitrogen and oxygen atoms in total. The Morgan fingerprint density at radius 3 is 3.13 bits per heavy atom. The van der Waals surface area contributed by atoms with E-state index in [1.807, 2.05) is 24.5 Å². The Morgan fingerprint density at radius 1 is 1.35 bits per heavy atom.